The number of benzene rings is 1. The van der Waals surface area contributed by atoms with Gasteiger partial charge < -0.3 is 9.30 Å². The van der Waals surface area contributed by atoms with E-state index in [0.29, 0.717) is 16.7 Å². The lowest BCUT2D eigenvalue weighted by molar-refractivity contribution is 0.0642. The molecule has 2 rings (SSSR count). The van der Waals surface area contributed by atoms with Crippen LogP contribution >= 0.6 is 34.2 Å². The third-order valence-corrected chi connectivity index (χ3v) is 4.09. The van der Waals surface area contributed by atoms with E-state index in [0.717, 1.165) is 16.9 Å². The van der Waals surface area contributed by atoms with Crippen LogP contribution in [-0.2, 0) is 11.3 Å². The molecule has 110 valence electrons. The highest BCUT2D eigenvalue weighted by Gasteiger charge is 2.18. The lowest BCUT2D eigenvalue weighted by Crippen LogP contribution is -2.18. The van der Waals surface area contributed by atoms with Gasteiger partial charge in [-0.05, 0) is 49.4 Å². The van der Waals surface area contributed by atoms with Gasteiger partial charge in [0.25, 0.3) is 0 Å². The van der Waals surface area contributed by atoms with Crippen molar-refractivity contribution in [2.45, 2.75) is 38.8 Å². The molecule has 1 aromatic heterocycles. The molecule has 3 nitrogen and oxygen atoms in total. The Morgan fingerprint density at radius 3 is 2.75 bits per heavy atom. The Morgan fingerprint density at radius 1 is 1.45 bits per heavy atom. The zero-order chi connectivity index (χ0) is 14.9. The van der Waals surface area contributed by atoms with E-state index in [4.69, 9.17) is 16.3 Å². The summed E-state index contributed by atoms with van der Waals surface area (Å²) in [5, 5.41) is -0.239. The number of fused-ring (bicyclic) bond motifs is 1. The summed E-state index contributed by atoms with van der Waals surface area (Å²) in [5.41, 5.74) is 1.53. The first-order chi connectivity index (χ1) is 9.43. The van der Waals surface area contributed by atoms with Gasteiger partial charge in [-0.1, -0.05) is 0 Å². The molecular formula is C14H17ClFIN2O. The number of ether oxygens (including phenoxy) is 1. The van der Waals surface area contributed by atoms with Gasteiger partial charge in [0, 0.05) is 12.7 Å². The highest BCUT2D eigenvalue weighted by Crippen LogP contribution is 2.27. The lowest BCUT2D eigenvalue weighted by atomic mass is 10.3. The lowest BCUT2D eigenvalue weighted by Gasteiger charge is -2.16. The first-order valence-electron chi connectivity index (χ1n) is 6.54. The minimum absolute atomic E-state index is 0.0221. The molecule has 0 aliphatic rings. The molecule has 0 aliphatic heterocycles. The van der Waals surface area contributed by atoms with E-state index in [-0.39, 0.29) is 17.3 Å². The topological polar surface area (TPSA) is 27.1 Å². The van der Waals surface area contributed by atoms with Gasteiger partial charge in [-0.25, -0.2) is 9.37 Å². The summed E-state index contributed by atoms with van der Waals surface area (Å²) in [6.45, 7) is 7.06. The molecule has 0 aliphatic carbocycles. The van der Waals surface area contributed by atoms with Gasteiger partial charge in [-0.2, -0.15) is 0 Å². The number of nitrogens with zero attached hydrogens (tertiary/aromatic N) is 2. The molecule has 0 saturated heterocycles. The van der Waals surface area contributed by atoms with Crippen molar-refractivity contribution >= 4 is 45.2 Å². The van der Waals surface area contributed by atoms with E-state index in [9.17, 15) is 4.39 Å². The molecule has 1 heterocycles. The number of halogens is 3. The third-order valence-electron chi connectivity index (χ3n) is 3.07. The van der Waals surface area contributed by atoms with Crippen LogP contribution in [0.2, 0.25) is 0 Å². The van der Waals surface area contributed by atoms with E-state index in [2.05, 4.69) is 4.98 Å². The fourth-order valence-corrected chi connectivity index (χ4v) is 2.85. The molecule has 0 amide bonds. The molecule has 0 N–H and O–H groups in total. The molecule has 0 bridgehead atoms. The Labute approximate surface area is 136 Å². The average molecular weight is 411 g/mol. The molecule has 2 unspecified atom stereocenters. The molecule has 0 saturated carbocycles. The van der Waals surface area contributed by atoms with E-state index >= 15 is 0 Å². The minimum atomic E-state index is -0.239. The number of aromatic nitrogens is 2. The van der Waals surface area contributed by atoms with Gasteiger partial charge in [0.2, 0.25) is 0 Å². The van der Waals surface area contributed by atoms with E-state index in [1.807, 2.05) is 47.9 Å². The van der Waals surface area contributed by atoms with Gasteiger partial charge in [0.15, 0.2) is 0 Å². The highest BCUT2D eigenvalue weighted by molar-refractivity contribution is 14.1. The summed E-state index contributed by atoms with van der Waals surface area (Å²) >= 11 is 8.17. The van der Waals surface area contributed by atoms with Crippen LogP contribution in [0, 0.1) is 9.39 Å². The normalized spacial score (nSPS) is 14.7. The van der Waals surface area contributed by atoms with Crippen molar-refractivity contribution in [2.75, 3.05) is 6.61 Å². The average Bonchev–Trinajstić information content (AvgIpc) is 2.69. The Kier molecular flexibility index (Phi) is 5.25. The van der Waals surface area contributed by atoms with Gasteiger partial charge in [0.1, 0.15) is 11.6 Å². The maximum Gasteiger partial charge on any atom is 0.138 e. The first-order valence-corrected chi connectivity index (χ1v) is 8.06. The zero-order valence-electron chi connectivity index (χ0n) is 11.7. The predicted molar refractivity (Wildman–Crippen MR) is 87.8 cm³/mol. The summed E-state index contributed by atoms with van der Waals surface area (Å²) in [4.78, 5) is 4.53. The van der Waals surface area contributed by atoms with Crippen LogP contribution in [0.15, 0.2) is 12.1 Å². The summed E-state index contributed by atoms with van der Waals surface area (Å²) < 4.78 is 21.9. The standard InChI is InChI=1S/C14H17ClFIN2O/c1-4-20-8(2)7-19-13-5-10(16)11(17)6-12(13)18-14(19)9(3)15/h5-6,8-9H,4,7H2,1-3H3. The Bertz CT molecular complexity index is 615. The second-order valence-corrected chi connectivity index (χ2v) is 6.53. The molecular weight excluding hydrogens is 394 g/mol. The molecule has 1 aromatic carbocycles. The third kappa shape index (κ3) is 3.26. The molecule has 2 aromatic rings. The van der Waals surface area contributed by atoms with Crippen LogP contribution in [0.1, 0.15) is 32.0 Å². The Balaban J connectivity index is 2.53. The molecule has 0 radical (unpaired) electrons. The fourth-order valence-electron chi connectivity index (χ4n) is 2.23. The molecule has 0 fully saturated rings. The molecule has 20 heavy (non-hydrogen) atoms. The van der Waals surface area contributed by atoms with Crippen molar-refractivity contribution in [3.05, 3.63) is 27.3 Å². The number of hydrogen-bond acceptors (Lipinski definition) is 2. The molecule has 2 atom stereocenters. The largest absolute Gasteiger partial charge is 0.377 e. The van der Waals surface area contributed by atoms with Gasteiger partial charge in [-0.15, -0.1) is 11.6 Å². The van der Waals surface area contributed by atoms with Crippen LogP contribution < -0.4 is 0 Å². The van der Waals surface area contributed by atoms with Crippen LogP contribution in [0.5, 0.6) is 0 Å². The predicted octanol–water partition coefficient (Wildman–Crippen LogP) is 4.50. The maximum absolute atomic E-state index is 13.8. The van der Waals surface area contributed by atoms with Crippen molar-refractivity contribution in [1.29, 1.82) is 0 Å². The second-order valence-electron chi connectivity index (χ2n) is 4.72. The van der Waals surface area contributed by atoms with Crippen molar-refractivity contribution < 1.29 is 9.13 Å². The van der Waals surface area contributed by atoms with E-state index in [1.54, 1.807) is 6.07 Å². The highest BCUT2D eigenvalue weighted by atomic mass is 127. The monoisotopic (exact) mass is 410 g/mol. The molecule has 0 spiro atoms. The number of hydrogen-bond donors (Lipinski definition) is 0. The van der Waals surface area contributed by atoms with E-state index < -0.39 is 0 Å². The number of alkyl halides is 1. The first kappa shape index (κ1) is 16.0. The summed E-state index contributed by atoms with van der Waals surface area (Å²) in [6.07, 6.45) is 0.0221. The van der Waals surface area contributed by atoms with Crippen molar-refractivity contribution in [3.63, 3.8) is 0 Å². The SMILES string of the molecule is CCOC(C)Cn1c(C(C)Cl)nc2cc(I)c(F)cc21. The number of imidazole rings is 1. The zero-order valence-corrected chi connectivity index (χ0v) is 14.6. The quantitative estimate of drug-likeness (QED) is 0.536. The van der Waals surface area contributed by atoms with Crippen molar-refractivity contribution in [2.24, 2.45) is 0 Å². The summed E-state index contributed by atoms with van der Waals surface area (Å²) in [6, 6.07) is 3.27. The Hall–Kier alpha value is -0.400. The Morgan fingerprint density at radius 2 is 2.15 bits per heavy atom. The smallest absolute Gasteiger partial charge is 0.138 e. The van der Waals surface area contributed by atoms with Gasteiger partial charge in [-0.3, -0.25) is 0 Å². The minimum Gasteiger partial charge on any atom is -0.377 e. The fraction of sp³-hybridized carbons (Fsp3) is 0.500. The van der Waals surface area contributed by atoms with Gasteiger partial charge in [0.05, 0.1) is 32.6 Å². The number of rotatable bonds is 5. The van der Waals surface area contributed by atoms with E-state index in [1.165, 1.54) is 6.07 Å². The van der Waals surface area contributed by atoms with Crippen molar-refractivity contribution in [3.8, 4) is 0 Å². The van der Waals surface area contributed by atoms with Gasteiger partial charge >= 0.3 is 0 Å². The summed E-state index contributed by atoms with van der Waals surface area (Å²) in [5.74, 6) is 0.506. The molecule has 6 heteroatoms. The van der Waals surface area contributed by atoms with Crippen LogP contribution in [0.25, 0.3) is 11.0 Å². The second kappa shape index (κ2) is 6.58. The van der Waals surface area contributed by atoms with Crippen LogP contribution in [0.4, 0.5) is 4.39 Å². The maximum atomic E-state index is 13.8. The van der Waals surface area contributed by atoms with Crippen LogP contribution in [-0.4, -0.2) is 22.3 Å². The van der Waals surface area contributed by atoms with Crippen molar-refractivity contribution in [1.82, 2.24) is 9.55 Å². The summed E-state index contributed by atoms with van der Waals surface area (Å²) in [7, 11) is 0. The van der Waals surface area contributed by atoms with Crippen LogP contribution in [0.3, 0.4) is 0 Å².